The SMILES string of the molecule is O=C1CN(CCc2ccc(Cl)cn2)CCN1c1ccc2c3c(oc2c1)CCCCC3. The molecule has 1 fully saturated rings. The molecule has 2 aliphatic rings. The molecule has 156 valence electrons. The monoisotopic (exact) mass is 423 g/mol. The molecule has 6 heteroatoms. The van der Waals surface area contributed by atoms with Crippen LogP contribution < -0.4 is 4.90 Å². The lowest BCUT2D eigenvalue weighted by atomic mass is 10.1. The van der Waals surface area contributed by atoms with Crippen LogP contribution >= 0.6 is 11.6 Å². The highest BCUT2D eigenvalue weighted by molar-refractivity contribution is 6.30. The largest absolute Gasteiger partial charge is 0.461 e. The number of pyridine rings is 1. The predicted octanol–water partition coefficient (Wildman–Crippen LogP) is 4.64. The molecule has 0 N–H and O–H groups in total. The third kappa shape index (κ3) is 3.96. The second kappa shape index (κ2) is 8.40. The number of aromatic nitrogens is 1. The van der Waals surface area contributed by atoms with E-state index in [4.69, 9.17) is 16.0 Å². The van der Waals surface area contributed by atoms with Gasteiger partial charge in [-0.3, -0.25) is 14.7 Å². The van der Waals surface area contributed by atoms with Crippen LogP contribution in [-0.2, 0) is 24.1 Å². The van der Waals surface area contributed by atoms with E-state index in [2.05, 4.69) is 28.1 Å². The summed E-state index contributed by atoms with van der Waals surface area (Å²) in [5.74, 6) is 1.28. The Morgan fingerprint density at radius 2 is 1.97 bits per heavy atom. The van der Waals surface area contributed by atoms with Crippen molar-refractivity contribution in [3.8, 4) is 0 Å². The van der Waals surface area contributed by atoms with Gasteiger partial charge < -0.3 is 9.32 Å². The van der Waals surface area contributed by atoms with E-state index >= 15 is 0 Å². The highest BCUT2D eigenvalue weighted by atomic mass is 35.5. The number of hydrogen-bond acceptors (Lipinski definition) is 4. The van der Waals surface area contributed by atoms with Gasteiger partial charge in [-0.15, -0.1) is 0 Å². The van der Waals surface area contributed by atoms with Crippen molar-refractivity contribution in [2.24, 2.45) is 0 Å². The first-order valence-corrected chi connectivity index (χ1v) is 11.2. The molecule has 3 aromatic rings. The maximum absolute atomic E-state index is 12.9. The minimum atomic E-state index is 0.137. The molecule has 0 bridgehead atoms. The summed E-state index contributed by atoms with van der Waals surface area (Å²) < 4.78 is 6.19. The van der Waals surface area contributed by atoms with Crippen molar-refractivity contribution in [1.29, 1.82) is 0 Å². The lowest BCUT2D eigenvalue weighted by molar-refractivity contribution is -0.121. The van der Waals surface area contributed by atoms with Crippen molar-refractivity contribution < 1.29 is 9.21 Å². The Kier molecular flexibility index (Phi) is 5.48. The van der Waals surface area contributed by atoms with Crippen LogP contribution in [0.2, 0.25) is 5.02 Å². The van der Waals surface area contributed by atoms with Crippen LogP contribution in [0.3, 0.4) is 0 Å². The number of carbonyl (C=O) groups is 1. The maximum Gasteiger partial charge on any atom is 0.241 e. The van der Waals surface area contributed by atoms with Gasteiger partial charge in [0.1, 0.15) is 11.3 Å². The summed E-state index contributed by atoms with van der Waals surface area (Å²) in [6.07, 6.45) is 8.32. The molecular formula is C24H26ClN3O2. The zero-order chi connectivity index (χ0) is 20.5. The van der Waals surface area contributed by atoms with Crippen molar-refractivity contribution in [2.45, 2.75) is 38.5 Å². The topological polar surface area (TPSA) is 49.6 Å². The lowest BCUT2D eigenvalue weighted by Crippen LogP contribution is -2.50. The number of halogens is 1. The second-order valence-corrected chi connectivity index (χ2v) is 8.72. The van der Waals surface area contributed by atoms with Gasteiger partial charge in [0, 0.05) is 67.1 Å². The zero-order valence-electron chi connectivity index (χ0n) is 17.1. The van der Waals surface area contributed by atoms with Crippen LogP contribution in [0.4, 0.5) is 5.69 Å². The Balaban J connectivity index is 1.26. The van der Waals surface area contributed by atoms with Crippen molar-refractivity contribution in [3.63, 3.8) is 0 Å². The van der Waals surface area contributed by atoms with Crippen LogP contribution in [0.15, 0.2) is 40.9 Å². The maximum atomic E-state index is 12.9. The molecule has 0 unspecified atom stereocenters. The predicted molar refractivity (Wildman–Crippen MR) is 119 cm³/mol. The van der Waals surface area contributed by atoms with Gasteiger partial charge in [-0.25, -0.2) is 0 Å². The van der Waals surface area contributed by atoms with Gasteiger partial charge in [-0.1, -0.05) is 18.0 Å². The molecule has 5 nitrogen and oxygen atoms in total. The van der Waals surface area contributed by atoms with Crippen molar-refractivity contribution in [3.05, 3.63) is 58.6 Å². The van der Waals surface area contributed by atoms with Crippen LogP contribution in [0.5, 0.6) is 0 Å². The Bertz CT molecular complexity index is 1060. The summed E-state index contributed by atoms with van der Waals surface area (Å²) in [7, 11) is 0. The Hall–Kier alpha value is -2.37. The number of piperazine rings is 1. The minimum absolute atomic E-state index is 0.137. The summed E-state index contributed by atoms with van der Waals surface area (Å²) in [4.78, 5) is 21.3. The number of rotatable bonds is 4. The summed E-state index contributed by atoms with van der Waals surface area (Å²) >= 11 is 5.90. The molecule has 1 saturated heterocycles. The molecule has 1 amide bonds. The van der Waals surface area contributed by atoms with E-state index < -0.39 is 0 Å². The average molecular weight is 424 g/mol. The molecule has 0 radical (unpaired) electrons. The van der Waals surface area contributed by atoms with Crippen molar-refractivity contribution >= 4 is 34.2 Å². The highest BCUT2D eigenvalue weighted by Crippen LogP contribution is 2.33. The minimum Gasteiger partial charge on any atom is -0.461 e. The first-order chi connectivity index (χ1) is 14.7. The van der Waals surface area contributed by atoms with Gasteiger partial charge >= 0.3 is 0 Å². The molecule has 1 aliphatic heterocycles. The van der Waals surface area contributed by atoms with Crippen LogP contribution in [0.25, 0.3) is 11.0 Å². The van der Waals surface area contributed by atoms with Crippen LogP contribution in [0.1, 0.15) is 36.3 Å². The molecule has 1 aromatic carbocycles. The number of aryl methyl sites for hydroxylation is 2. The van der Waals surface area contributed by atoms with E-state index in [9.17, 15) is 4.79 Å². The van der Waals surface area contributed by atoms with Crippen molar-refractivity contribution in [1.82, 2.24) is 9.88 Å². The molecule has 0 saturated carbocycles. The van der Waals surface area contributed by atoms with E-state index in [-0.39, 0.29) is 5.91 Å². The summed E-state index contributed by atoms with van der Waals surface area (Å²) in [5, 5.41) is 1.87. The Labute approximate surface area is 181 Å². The molecule has 2 aromatic heterocycles. The number of benzene rings is 1. The highest BCUT2D eigenvalue weighted by Gasteiger charge is 2.26. The number of hydrogen-bond donors (Lipinski definition) is 0. The van der Waals surface area contributed by atoms with Gasteiger partial charge in [-0.2, -0.15) is 0 Å². The van der Waals surface area contributed by atoms with E-state index in [0.29, 0.717) is 18.1 Å². The molecular weight excluding hydrogens is 398 g/mol. The summed E-state index contributed by atoms with van der Waals surface area (Å²) in [6.45, 7) is 2.79. The summed E-state index contributed by atoms with van der Waals surface area (Å²) in [6, 6.07) is 10.1. The van der Waals surface area contributed by atoms with Gasteiger partial charge in [0.2, 0.25) is 5.91 Å². The van der Waals surface area contributed by atoms with E-state index in [1.807, 2.05) is 17.0 Å². The number of nitrogens with zero attached hydrogens (tertiary/aromatic N) is 3. The summed E-state index contributed by atoms with van der Waals surface area (Å²) in [5.41, 5.74) is 4.23. The Morgan fingerprint density at radius 3 is 2.80 bits per heavy atom. The van der Waals surface area contributed by atoms with Crippen LogP contribution in [0, 0.1) is 0 Å². The molecule has 30 heavy (non-hydrogen) atoms. The smallest absolute Gasteiger partial charge is 0.241 e. The van der Waals surface area contributed by atoms with E-state index in [0.717, 1.165) is 55.1 Å². The first-order valence-electron chi connectivity index (χ1n) is 10.8. The second-order valence-electron chi connectivity index (χ2n) is 8.28. The lowest BCUT2D eigenvalue weighted by Gasteiger charge is -2.34. The van der Waals surface area contributed by atoms with Crippen molar-refractivity contribution in [2.75, 3.05) is 31.1 Å². The number of amides is 1. The zero-order valence-corrected chi connectivity index (χ0v) is 17.8. The standard InChI is InChI=1S/C24H26ClN3O2/c25-17-6-7-18(26-15-17)10-11-27-12-13-28(24(29)16-27)19-8-9-21-20-4-2-1-3-5-22(20)30-23(21)14-19/h6-9,14-15H,1-5,10-13,16H2. The molecule has 3 heterocycles. The number of carbonyl (C=O) groups excluding carboxylic acids is 1. The quantitative estimate of drug-likeness (QED) is 0.573. The average Bonchev–Trinajstić information content (AvgIpc) is 2.93. The normalized spacial score (nSPS) is 17.9. The number of furan rings is 1. The van der Waals surface area contributed by atoms with Crippen LogP contribution in [-0.4, -0.2) is 42.0 Å². The molecule has 0 atom stereocenters. The third-order valence-corrected chi connectivity index (χ3v) is 6.50. The molecule has 5 rings (SSSR count). The van der Waals surface area contributed by atoms with E-state index in [1.54, 1.807) is 6.20 Å². The number of fused-ring (bicyclic) bond motifs is 3. The fourth-order valence-corrected chi connectivity index (χ4v) is 4.72. The first kappa shape index (κ1) is 19.6. The molecule has 1 aliphatic carbocycles. The van der Waals surface area contributed by atoms with Gasteiger partial charge in [0.15, 0.2) is 0 Å². The number of anilines is 1. The fourth-order valence-electron chi connectivity index (χ4n) is 4.61. The van der Waals surface area contributed by atoms with E-state index in [1.165, 1.54) is 30.2 Å². The third-order valence-electron chi connectivity index (χ3n) is 6.27. The molecule has 0 spiro atoms. The van der Waals surface area contributed by atoms with Gasteiger partial charge in [-0.05, 0) is 43.5 Å². The van der Waals surface area contributed by atoms with Gasteiger partial charge in [0.25, 0.3) is 0 Å². The fraction of sp³-hybridized carbons (Fsp3) is 0.417. The Morgan fingerprint density at radius 1 is 1.07 bits per heavy atom. The van der Waals surface area contributed by atoms with Gasteiger partial charge in [0.05, 0.1) is 11.6 Å².